The molecule has 8 heteroatoms. The summed E-state index contributed by atoms with van der Waals surface area (Å²) in [4.78, 5) is 21.3. The Hall–Kier alpha value is -2.48. The first-order valence-electron chi connectivity index (χ1n) is 7.47. The molecule has 0 atom stereocenters. The van der Waals surface area contributed by atoms with E-state index in [1.54, 1.807) is 12.1 Å². The molecule has 1 aliphatic rings. The van der Waals surface area contributed by atoms with Crippen molar-refractivity contribution in [2.75, 3.05) is 24.2 Å². The van der Waals surface area contributed by atoms with Gasteiger partial charge in [0.1, 0.15) is 5.82 Å². The molecule has 2 aromatic rings. The minimum atomic E-state index is -3.22. The van der Waals surface area contributed by atoms with Crippen LogP contribution in [0.1, 0.15) is 21.6 Å². The molecule has 2 heterocycles. The maximum atomic E-state index is 11.7. The van der Waals surface area contributed by atoms with Crippen molar-refractivity contribution in [3.63, 3.8) is 0 Å². The molecule has 7 nitrogen and oxygen atoms in total. The summed E-state index contributed by atoms with van der Waals surface area (Å²) in [5.74, 6) is -0.484. The lowest BCUT2D eigenvalue weighted by Gasteiger charge is -2.20. The van der Waals surface area contributed by atoms with Crippen molar-refractivity contribution in [1.82, 2.24) is 9.97 Å². The Morgan fingerprint density at radius 1 is 1.12 bits per heavy atom. The van der Waals surface area contributed by atoms with Gasteiger partial charge in [-0.3, -0.25) is 0 Å². The molecule has 1 aromatic heterocycles. The van der Waals surface area contributed by atoms with E-state index < -0.39 is 15.8 Å². The first-order valence-corrected chi connectivity index (χ1v) is 9.36. The van der Waals surface area contributed by atoms with Crippen LogP contribution < -0.4 is 4.90 Å². The molecule has 1 aromatic carbocycles. The normalized spacial score (nSPS) is 14.8. The summed E-state index contributed by atoms with van der Waals surface area (Å²) in [5.41, 5.74) is 2.06. The van der Waals surface area contributed by atoms with Crippen LogP contribution in [0.2, 0.25) is 0 Å². The molecule has 0 radical (unpaired) electrons. The van der Waals surface area contributed by atoms with Crippen molar-refractivity contribution >= 4 is 21.6 Å². The van der Waals surface area contributed by atoms with Crippen LogP contribution in [0.5, 0.6) is 0 Å². The number of carboxylic acid groups (broad SMARTS) is 1. The second-order valence-electron chi connectivity index (χ2n) is 5.75. The summed E-state index contributed by atoms with van der Waals surface area (Å²) >= 11 is 0. The van der Waals surface area contributed by atoms with Crippen molar-refractivity contribution < 1.29 is 18.3 Å². The number of benzene rings is 1. The van der Waals surface area contributed by atoms with E-state index in [0.29, 0.717) is 30.2 Å². The van der Waals surface area contributed by atoms with Gasteiger partial charge < -0.3 is 10.0 Å². The van der Waals surface area contributed by atoms with Crippen LogP contribution in [-0.2, 0) is 22.7 Å². The zero-order chi connectivity index (χ0) is 17.3. The smallest absolute Gasteiger partial charge is 0.356 e. The molecule has 0 unspecified atom stereocenters. The summed E-state index contributed by atoms with van der Waals surface area (Å²) < 4.78 is 23.4. The fourth-order valence-electron chi connectivity index (χ4n) is 2.76. The van der Waals surface area contributed by atoms with Crippen LogP contribution in [0.25, 0.3) is 0 Å². The highest BCUT2D eigenvalue weighted by Gasteiger charge is 2.18. The predicted molar refractivity (Wildman–Crippen MR) is 88.2 cm³/mol. The number of nitrogens with zero attached hydrogens (tertiary/aromatic N) is 3. The third-order valence-electron chi connectivity index (χ3n) is 4.09. The van der Waals surface area contributed by atoms with Crippen LogP contribution in [0.15, 0.2) is 35.5 Å². The van der Waals surface area contributed by atoms with Crippen LogP contribution in [0, 0.1) is 0 Å². The molecule has 0 bridgehead atoms. The van der Waals surface area contributed by atoms with Gasteiger partial charge in [0.2, 0.25) is 0 Å². The average Bonchev–Trinajstić information content (AvgIpc) is 2.76. The van der Waals surface area contributed by atoms with Crippen molar-refractivity contribution in [2.45, 2.75) is 17.7 Å². The monoisotopic (exact) mass is 347 g/mol. The second kappa shape index (κ2) is 6.20. The number of carbonyl (C=O) groups is 1. The van der Waals surface area contributed by atoms with Gasteiger partial charge in [-0.1, -0.05) is 6.07 Å². The zero-order valence-corrected chi connectivity index (χ0v) is 14.0. The summed E-state index contributed by atoms with van der Waals surface area (Å²) in [6, 6.07) is 5.26. The fourth-order valence-corrected chi connectivity index (χ4v) is 3.43. The summed E-state index contributed by atoms with van der Waals surface area (Å²) in [6.07, 6.45) is 5.37. The van der Waals surface area contributed by atoms with Gasteiger partial charge in [0.05, 0.1) is 17.3 Å². The molecule has 0 spiro atoms. The van der Waals surface area contributed by atoms with Gasteiger partial charge >= 0.3 is 5.97 Å². The molecule has 0 fully saturated rings. The van der Waals surface area contributed by atoms with Gasteiger partial charge in [-0.15, -0.1) is 0 Å². The van der Waals surface area contributed by atoms with Crippen molar-refractivity contribution in [3.8, 4) is 0 Å². The summed E-state index contributed by atoms with van der Waals surface area (Å²) in [6.45, 7) is 1.38. The van der Waals surface area contributed by atoms with Crippen molar-refractivity contribution in [3.05, 3.63) is 47.4 Å². The summed E-state index contributed by atoms with van der Waals surface area (Å²) in [7, 11) is -3.22. The van der Waals surface area contributed by atoms with Crippen LogP contribution in [-0.4, -0.2) is 48.8 Å². The number of rotatable bonds is 3. The fraction of sp³-hybridized carbons (Fsp3) is 0.312. The van der Waals surface area contributed by atoms with Crippen LogP contribution in [0.4, 0.5) is 5.82 Å². The van der Waals surface area contributed by atoms with E-state index in [4.69, 9.17) is 5.11 Å². The lowest BCUT2D eigenvalue weighted by molar-refractivity contribution is 0.0690. The highest BCUT2D eigenvalue weighted by atomic mass is 32.2. The van der Waals surface area contributed by atoms with Gasteiger partial charge in [-0.05, 0) is 36.1 Å². The first kappa shape index (κ1) is 16.4. The SMILES string of the molecule is CS(=O)(=O)c1ccc2c(c1)CCN(c1cnc(C(=O)O)cn1)CC2. The molecule has 0 saturated carbocycles. The highest BCUT2D eigenvalue weighted by Crippen LogP contribution is 2.22. The van der Waals surface area contributed by atoms with E-state index >= 15 is 0 Å². The molecule has 0 saturated heterocycles. The van der Waals surface area contributed by atoms with Crippen LogP contribution in [0.3, 0.4) is 0 Å². The van der Waals surface area contributed by atoms with Gasteiger partial charge in [-0.2, -0.15) is 0 Å². The third-order valence-corrected chi connectivity index (χ3v) is 5.20. The van der Waals surface area contributed by atoms with E-state index in [9.17, 15) is 13.2 Å². The Bertz CT molecular complexity index is 879. The molecule has 24 heavy (non-hydrogen) atoms. The molecule has 0 aliphatic carbocycles. The number of anilines is 1. The largest absolute Gasteiger partial charge is 0.476 e. The van der Waals surface area contributed by atoms with E-state index in [1.165, 1.54) is 18.6 Å². The van der Waals surface area contributed by atoms with E-state index in [1.807, 2.05) is 11.0 Å². The lowest BCUT2D eigenvalue weighted by Crippen LogP contribution is -2.27. The Labute approximate surface area is 139 Å². The topological polar surface area (TPSA) is 100 Å². The van der Waals surface area contributed by atoms with E-state index in [-0.39, 0.29) is 5.69 Å². The number of fused-ring (bicyclic) bond motifs is 1. The van der Waals surface area contributed by atoms with Crippen LogP contribution >= 0.6 is 0 Å². The minimum Gasteiger partial charge on any atom is -0.476 e. The lowest BCUT2D eigenvalue weighted by atomic mass is 10.0. The first-order chi connectivity index (χ1) is 11.3. The molecular weight excluding hydrogens is 330 g/mol. The average molecular weight is 347 g/mol. The van der Waals surface area contributed by atoms with Crippen molar-refractivity contribution in [1.29, 1.82) is 0 Å². The van der Waals surface area contributed by atoms with Crippen molar-refractivity contribution in [2.24, 2.45) is 0 Å². The zero-order valence-electron chi connectivity index (χ0n) is 13.1. The molecule has 1 aliphatic heterocycles. The standard InChI is InChI=1S/C16H17N3O4S/c1-24(22,23)13-3-2-11-4-6-19(7-5-12(11)8-13)15-10-17-14(9-18-15)16(20)21/h2-3,8-10H,4-7H2,1H3,(H,20,21). The number of carboxylic acids is 1. The molecular formula is C16H17N3O4S. The van der Waals surface area contributed by atoms with E-state index in [2.05, 4.69) is 9.97 Å². The maximum absolute atomic E-state index is 11.7. The molecule has 3 rings (SSSR count). The van der Waals surface area contributed by atoms with E-state index in [0.717, 1.165) is 17.5 Å². The molecule has 1 N–H and O–H groups in total. The highest BCUT2D eigenvalue weighted by molar-refractivity contribution is 7.90. The number of hydrogen-bond donors (Lipinski definition) is 1. The Kier molecular flexibility index (Phi) is 4.23. The van der Waals surface area contributed by atoms with Gasteiger partial charge in [0, 0.05) is 19.3 Å². The number of hydrogen-bond acceptors (Lipinski definition) is 6. The Balaban J connectivity index is 1.81. The molecule has 126 valence electrons. The third kappa shape index (κ3) is 3.38. The van der Waals surface area contributed by atoms with Gasteiger partial charge in [0.15, 0.2) is 15.5 Å². The Morgan fingerprint density at radius 3 is 2.42 bits per heavy atom. The summed E-state index contributed by atoms with van der Waals surface area (Å²) in [5, 5.41) is 8.88. The maximum Gasteiger partial charge on any atom is 0.356 e. The predicted octanol–water partition coefficient (Wildman–Crippen LogP) is 1.18. The van der Waals surface area contributed by atoms with Gasteiger partial charge in [0.25, 0.3) is 0 Å². The minimum absolute atomic E-state index is 0.0883. The number of aromatic carboxylic acids is 1. The Morgan fingerprint density at radius 2 is 1.83 bits per heavy atom. The number of sulfone groups is 1. The molecule has 0 amide bonds. The van der Waals surface area contributed by atoms with Gasteiger partial charge in [-0.25, -0.2) is 23.2 Å². The second-order valence-corrected chi connectivity index (χ2v) is 7.77. The quantitative estimate of drug-likeness (QED) is 0.890. The number of aromatic nitrogens is 2.